The third-order valence-electron chi connectivity index (χ3n) is 1.82. The molecule has 11 heavy (non-hydrogen) atoms. The van der Waals surface area contributed by atoms with Crippen LogP contribution < -0.4 is 0 Å². The summed E-state index contributed by atoms with van der Waals surface area (Å²) in [6, 6.07) is 0.749. The second kappa shape index (κ2) is 4.41. The van der Waals surface area contributed by atoms with Gasteiger partial charge in [-0.3, -0.25) is 0 Å². The summed E-state index contributed by atoms with van der Waals surface area (Å²) >= 11 is 3.99. The van der Waals surface area contributed by atoms with Crippen molar-refractivity contribution in [2.24, 2.45) is 0 Å². The molecule has 64 valence electrons. The van der Waals surface area contributed by atoms with Gasteiger partial charge in [0.1, 0.15) is 6.54 Å². The van der Waals surface area contributed by atoms with E-state index in [-0.39, 0.29) is 0 Å². The fraction of sp³-hybridized carbons (Fsp3) is 0.875. The predicted octanol–water partition coefficient (Wildman–Crippen LogP) is 2.26. The molecule has 0 aromatic rings. The molecule has 1 rings (SSSR count). The molecule has 0 aliphatic carbocycles. The molecule has 1 atom stereocenters. The fourth-order valence-electron chi connectivity index (χ4n) is 1.23. The average molecular weight is 190 g/mol. The minimum atomic E-state index is 0.749. The van der Waals surface area contributed by atoms with Crippen molar-refractivity contribution < 1.29 is 4.58 Å². The molecule has 0 amide bonds. The topological polar surface area (TPSA) is 3.01 Å². The highest BCUT2D eigenvalue weighted by Gasteiger charge is 2.28. The van der Waals surface area contributed by atoms with Crippen LogP contribution in [0.25, 0.3) is 0 Å². The van der Waals surface area contributed by atoms with Crippen LogP contribution in [0, 0.1) is 0 Å². The summed E-state index contributed by atoms with van der Waals surface area (Å²) in [4.78, 5) is 0. The lowest BCUT2D eigenvalue weighted by atomic mass is 10.4. The van der Waals surface area contributed by atoms with Gasteiger partial charge >= 0.3 is 0 Å². The SMILES string of the molecule is CCSC1=[N+](CC)C(C)CS1. The average Bonchev–Trinajstić information content (AvgIpc) is 2.33. The summed E-state index contributed by atoms with van der Waals surface area (Å²) < 4.78 is 4.03. The van der Waals surface area contributed by atoms with E-state index in [1.165, 1.54) is 15.9 Å². The number of nitrogens with zero attached hydrogens (tertiary/aromatic N) is 1. The van der Waals surface area contributed by atoms with Crippen LogP contribution >= 0.6 is 23.5 Å². The third-order valence-corrected chi connectivity index (χ3v) is 4.43. The van der Waals surface area contributed by atoms with Crippen molar-refractivity contribution in [2.75, 3.05) is 18.1 Å². The van der Waals surface area contributed by atoms with Gasteiger partial charge in [0.25, 0.3) is 4.38 Å². The van der Waals surface area contributed by atoms with Gasteiger partial charge in [-0.05, 0) is 25.6 Å². The maximum Gasteiger partial charge on any atom is 0.270 e. The molecule has 3 heteroatoms. The molecule has 1 heterocycles. The Labute approximate surface area is 77.6 Å². The highest BCUT2D eigenvalue weighted by Crippen LogP contribution is 2.25. The van der Waals surface area contributed by atoms with Crippen LogP contribution in [0.15, 0.2) is 0 Å². The van der Waals surface area contributed by atoms with E-state index in [9.17, 15) is 0 Å². The van der Waals surface area contributed by atoms with Crippen molar-refractivity contribution in [3.63, 3.8) is 0 Å². The monoisotopic (exact) mass is 190 g/mol. The van der Waals surface area contributed by atoms with Gasteiger partial charge < -0.3 is 0 Å². The van der Waals surface area contributed by atoms with Gasteiger partial charge in [0.15, 0.2) is 6.04 Å². The van der Waals surface area contributed by atoms with Gasteiger partial charge in [0, 0.05) is 5.75 Å². The van der Waals surface area contributed by atoms with E-state index in [0.29, 0.717) is 0 Å². The predicted molar refractivity (Wildman–Crippen MR) is 55.9 cm³/mol. The molecule has 1 aliphatic heterocycles. The Morgan fingerprint density at radius 1 is 1.64 bits per heavy atom. The van der Waals surface area contributed by atoms with E-state index in [2.05, 4.69) is 25.3 Å². The molecule has 0 spiro atoms. The van der Waals surface area contributed by atoms with Crippen LogP contribution in [0.5, 0.6) is 0 Å². The highest BCUT2D eigenvalue weighted by atomic mass is 32.2. The molecule has 0 aromatic heterocycles. The Kier molecular flexibility index (Phi) is 3.79. The number of hydrogen-bond acceptors (Lipinski definition) is 2. The second-order valence-electron chi connectivity index (χ2n) is 2.64. The molecular weight excluding hydrogens is 174 g/mol. The summed E-state index contributed by atoms with van der Waals surface area (Å²) in [6.45, 7) is 7.92. The largest absolute Gasteiger partial charge is 0.270 e. The maximum absolute atomic E-state index is 2.50. The van der Waals surface area contributed by atoms with E-state index < -0.39 is 0 Å². The summed E-state index contributed by atoms with van der Waals surface area (Å²) in [5.41, 5.74) is 0. The van der Waals surface area contributed by atoms with Crippen molar-refractivity contribution in [1.82, 2.24) is 0 Å². The lowest BCUT2D eigenvalue weighted by Crippen LogP contribution is -2.22. The van der Waals surface area contributed by atoms with Crippen LogP contribution in [-0.4, -0.2) is 33.0 Å². The van der Waals surface area contributed by atoms with Crippen molar-refractivity contribution in [3.8, 4) is 0 Å². The molecule has 0 N–H and O–H groups in total. The maximum atomic E-state index is 2.50. The van der Waals surface area contributed by atoms with E-state index in [4.69, 9.17) is 0 Å². The Hall–Kier alpha value is 0.370. The van der Waals surface area contributed by atoms with Gasteiger partial charge in [-0.25, -0.2) is 4.58 Å². The van der Waals surface area contributed by atoms with E-state index in [1.54, 1.807) is 0 Å². The second-order valence-corrected chi connectivity index (χ2v) is 5.16. The van der Waals surface area contributed by atoms with Crippen LogP contribution in [0.2, 0.25) is 0 Å². The van der Waals surface area contributed by atoms with Gasteiger partial charge in [-0.15, -0.1) is 0 Å². The van der Waals surface area contributed by atoms with E-state index in [0.717, 1.165) is 12.6 Å². The minimum Gasteiger partial charge on any atom is -0.216 e. The minimum absolute atomic E-state index is 0.749. The zero-order valence-electron chi connectivity index (χ0n) is 7.46. The molecule has 1 aliphatic rings. The number of rotatable bonds is 2. The van der Waals surface area contributed by atoms with Crippen molar-refractivity contribution in [3.05, 3.63) is 0 Å². The first-order valence-corrected chi connectivity index (χ1v) is 6.15. The highest BCUT2D eigenvalue weighted by molar-refractivity contribution is 8.38. The zero-order chi connectivity index (χ0) is 8.27. The van der Waals surface area contributed by atoms with Crippen molar-refractivity contribution in [2.45, 2.75) is 26.8 Å². The van der Waals surface area contributed by atoms with Crippen LogP contribution in [-0.2, 0) is 0 Å². The van der Waals surface area contributed by atoms with Gasteiger partial charge in [0.2, 0.25) is 0 Å². The normalized spacial score (nSPS) is 24.8. The molecule has 1 nitrogen and oxygen atoms in total. The number of thioether (sulfide) groups is 2. The molecule has 0 saturated heterocycles. The van der Waals surface area contributed by atoms with Crippen molar-refractivity contribution in [1.29, 1.82) is 0 Å². The van der Waals surface area contributed by atoms with E-state index in [1.807, 2.05) is 23.5 Å². The molecule has 0 fully saturated rings. The Bertz CT molecular complexity index is 165. The fourth-order valence-corrected chi connectivity index (χ4v) is 3.88. The first kappa shape index (κ1) is 9.46. The lowest BCUT2D eigenvalue weighted by Gasteiger charge is -2.01. The van der Waals surface area contributed by atoms with E-state index >= 15 is 0 Å². The number of hydrogen-bond donors (Lipinski definition) is 0. The summed E-state index contributed by atoms with van der Waals surface area (Å²) in [5, 5.41) is 0. The lowest BCUT2D eigenvalue weighted by molar-refractivity contribution is -0.546. The Morgan fingerprint density at radius 2 is 2.36 bits per heavy atom. The standard InChI is InChI=1S/C8H16NS2/c1-4-9-7(3)6-11-8(9)10-5-2/h7H,4-6H2,1-3H3/q+1. The first-order chi connectivity index (χ1) is 5.29. The smallest absolute Gasteiger partial charge is 0.216 e. The van der Waals surface area contributed by atoms with Gasteiger partial charge in [0.05, 0.1) is 5.75 Å². The molecule has 0 aromatic carbocycles. The van der Waals surface area contributed by atoms with Crippen molar-refractivity contribution >= 4 is 27.9 Å². The zero-order valence-corrected chi connectivity index (χ0v) is 9.10. The molecular formula is C8H16NS2+. The molecule has 0 radical (unpaired) electrons. The van der Waals surface area contributed by atoms with Crippen LogP contribution in [0.1, 0.15) is 20.8 Å². The summed E-state index contributed by atoms with van der Waals surface area (Å²) in [7, 11) is 0. The molecule has 0 bridgehead atoms. The summed E-state index contributed by atoms with van der Waals surface area (Å²) in [5.74, 6) is 2.47. The first-order valence-electron chi connectivity index (χ1n) is 4.18. The third kappa shape index (κ3) is 2.15. The molecule has 0 saturated carbocycles. The Balaban J connectivity index is 2.63. The summed E-state index contributed by atoms with van der Waals surface area (Å²) in [6.07, 6.45) is 0. The Morgan fingerprint density at radius 3 is 2.91 bits per heavy atom. The molecule has 1 unspecified atom stereocenters. The quantitative estimate of drug-likeness (QED) is 0.614. The van der Waals surface area contributed by atoms with Crippen LogP contribution in [0.4, 0.5) is 0 Å². The van der Waals surface area contributed by atoms with Gasteiger partial charge in [-0.1, -0.05) is 18.7 Å². The van der Waals surface area contributed by atoms with Crippen LogP contribution in [0.3, 0.4) is 0 Å². The van der Waals surface area contributed by atoms with Gasteiger partial charge in [-0.2, -0.15) is 0 Å².